The minimum Gasteiger partial charge on any atom is -0.504 e. The van der Waals surface area contributed by atoms with Gasteiger partial charge in [-0.05, 0) is 48.5 Å². The number of fused-ring (bicyclic) bond motifs is 6. The van der Waals surface area contributed by atoms with Crippen LogP contribution in [0.5, 0.6) is 109 Å². The minimum absolute atomic E-state index is 0.345. The molecule has 4 aliphatic rings. The van der Waals surface area contributed by atoms with Crippen molar-refractivity contribution < 1.29 is 178 Å². The molecule has 6 aromatic rings. The quantitative estimate of drug-likeness (QED) is 0.0469. The van der Waals surface area contributed by atoms with Crippen LogP contribution < -0.4 is 4.74 Å². The summed E-state index contributed by atoms with van der Waals surface area (Å²) in [6, 6.07) is 3.92. The second-order valence-electron chi connectivity index (χ2n) is 20.1. The standard InChI is InChI=1S/C55H44O36/c56-19-1-13(2-20(57)32(19)64)48(76)88-45-44-29(10-82-51(79)16-7-24(61)35(67)39(71)30(16)31-17(53(81)87-44)8-25(62)36(68)40(31)72)86-54(46(45)89-49(77)14-3-21(58)33(65)22(59)4-14)90-50(78)15-5-23(60)34(66)27(6-15)85-43-18(9-26(63)37(69)41(43)73)52(80)83-12-55-47(75)42(74)38(70)28(91-55)11-84-55/h1-9,28-29,38,42,44-47,54,56-75H,10-12H2/t28-,29-,38-,42-,44-,45+,46-,47+,54+,55-/m1/s1. The molecule has 36 nitrogen and oxygen atoms in total. The number of rotatable bonds is 11. The van der Waals surface area contributed by atoms with Crippen molar-refractivity contribution in [1.29, 1.82) is 0 Å². The Hall–Kier alpha value is -11.7. The zero-order chi connectivity index (χ0) is 66.3. The highest BCUT2D eigenvalue weighted by molar-refractivity contribution is 6.08. The van der Waals surface area contributed by atoms with Crippen LogP contribution in [0.1, 0.15) is 62.1 Å². The van der Waals surface area contributed by atoms with Gasteiger partial charge in [-0.1, -0.05) is 0 Å². The van der Waals surface area contributed by atoms with Crippen LogP contribution in [0.25, 0.3) is 11.1 Å². The lowest BCUT2D eigenvalue weighted by atomic mass is 9.92. The van der Waals surface area contributed by atoms with E-state index in [2.05, 4.69) is 0 Å². The molecule has 0 saturated carbocycles. The average molecular weight is 1280 g/mol. The van der Waals surface area contributed by atoms with Gasteiger partial charge in [-0.15, -0.1) is 0 Å². The molecule has 0 aliphatic carbocycles. The van der Waals surface area contributed by atoms with Gasteiger partial charge in [0.15, 0.2) is 92.7 Å². The fraction of sp³-hybridized carbons (Fsp3) is 0.236. The summed E-state index contributed by atoms with van der Waals surface area (Å²) >= 11 is 0. The van der Waals surface area contributed by atoms with Crippen molar-refractivity contribution in [2.75, 3.05) is 19.8 Å². The van der Waals surface area contributed by atoms with Gasteiger partial charge in [0.05, 0.1) is 34.4 Å². The highest BCUT2D eigenvalue weighted by Gasteiger charge is 2.60. The van der Waals surface area contributed by atoms with Gasteiger partial charge < -0.3 is 149 Å². The summed E-state index contributed by atoms with van der Waals surface area (Å²) < 4.78 is 55.6. The van der Waals surface area contributed by atoms with E-state index in [1.807, 2.05) is 0 Å². The van der Waals surface area contributed by atoms with E-state index in [0.29, 0.717) is 54.6 Å². The zero-order valence-electron chi connectivity index (χ0n) is 45.0. The van der Waals surface area contributed by atoms with Crippen LogP contribution in [0.4, 0.5) is 0 Å². The van der Waals surface area contributed by atoms with Gasteiger partial charge >= 0.3 is 35.8 Å². The number of hydrogen-bond donors (Lipinski definition) is 20. The topological polar surface area (TPSA) is 599 Å². The molecule has 10 rings (SSSR count). The van der Waals surface area contributed by atoms with Gasteiger partial charge in [0, 0.05) is 17.2 Å². The highest BCUT2D eigenvalue weighted by Crippen LogP contribution is 2.54. The van der Waals surface area contributed by atoms with Gasteiger partial charge in [0.25, 0.3) is 0 Å². The van der Waals surface area contributed by atoms with Crippen molar-refractivity contribution in [3.63, 3.8) is 0 Å². The number of hydrogen-bond acceptors (Lipinski definition) is 36. The van der Waals surface area contributed by atoms with Gasteiger partial charge in [-0.3, -0.25) is 0 Å². The number of aromatic hydroxyl groups is 17. The van der Waals surface area contributed by atoms with Crippen LogP contribution >= 0.6 is 0 Å². The average Bonchev–Trinajstić information content (AvgIpc) is 1.79. The van der Waals surface area contributed by atoms with Crippen LogP contribution in [0, 0.1) is 0 Å². The summed E-state index contributed by atoms with van der Waals surface area (Å²) in [5, 5.41) is 212. The van der Waals surface area contributed by atoms with Crippen molar-refractivity contribution in [2.24, 2.45) is 0 Å². The Balaban J connectivity index is 1.07. The largest absolute Gasteiger partial charge is 0.504 e. The number of aliphatic hydroxyl groups is 3. The van der Waals surface area contributed by atoms with Crippen molar-refractivity contribution in [1.82, 2.24) is 0 Å². The zero-order valence-corrected chi connectivity index (χ0v) is 45.0. The molecular formula is C55H44O36. The Morgan fingerprint density at radius 1 is 0.473 bits per heavy atom. The van der Waals surface area contributed by atoms with Crippen LogP contribution in [0.15, 0.2) is 54.6 Å². The number of phenolic OH excluding ortho intramolecular Hbond substituents is 17. The molecular weight excluding hydrogens is 1240 g/mol. The molecule has 4 heterocycles. The molecule has 6 aromatic carbocycles. The van der Waals surface area contributed by atoms with Crippen LogP contribution in [-0.4, -0.2) is 219 Å². The summed E-state index contributed by atoms with van der Waals surface area (Å²) in [6.07, 6.45) is -20.0. The van der Waals surface area contributed by atoms with E-state index in [9.17, 15) is 131 Å². The number of aliphatic hydroxyl groups excluding tert-OH is 3. The molecule has 3 fully saturated rings. The SMILES string of the molecule is O=C(O[C@@H]1O[C@@H]2COC(=O)c3cc(O)c(O)c(O)c3-c3c(cc(O)c(O)c3O)C(=O)O[C@H]2[C@H](OC(=O)c2cc(O)c(O)c(O)c2)[C@H]1OC(=O)c1cc(O)c(O)c(O)c1)c1cc(O)c(O)c(Oc2c(C(=O)OC[C@@]34OC[C@@H](O3)[C@@H](O)[C@@H](O)[C@@H]4O)cc(O)c(O)c2O)c1. The summed E-state index contributed by atoms with van der Waals surface area (Å²) in [6.45, 7) is -2.93. The van der Waals surface area contributed by atoms with Gasteiger partial charge in [-0.25, -0.2) is 28.8 Å². The first-order valence-electron chi connectivity index (χ1n) is 25.6. The van der Waals surface area contributed by atoms with Crippen LogP contribution in [0.3, 0.4) is 0 Å². The first-order valence-corrected chi connectivity index (χ1v) is 25.6. The predicted octanol–water partition coefficient (Wildman–Crippen LogP) is 0.235. The van der Waals surface area contributed by atoms with Crippen molar-refractivity contribution in [2.45, 2.75) is 60.9 Å². The molecule has 0 amide bonds. The van der Waals surface area contributed by atoms with Gasteiger partial charge in [0.1, 0.15) is 49.3 Å². The molecule has 0 radical (unpaired) electrons. The molecule has 0 unspecified atom stereocenters. The third-order valence-corrected chi connectivity index (χ3v) is 14.4. The maximum absolute atomic E-state index is 14.7. The van der Waals surface area contributed by atoms with Crippen molar-refractivity contribution >= 4 is 35.8 Å². The van der Waals surface area contributed by atoms with Crippen molar-refractivity contribution in [3.05, 3.63) is 88.0 Å². The van der Waals surface area contributed by atoms with Crippen molar-refractivity contribution in [3.8, 4) is 120 Å². The lowest BCUT2D eigenvalue weighted by Gasteiger charge is -2.43. The predicted molar refractivity (Wildman–Crippen MR) is 280 cm³/mol. The Morgan fingerprint density at radius 2 is 0.934 bits per heavy atom. The summed E-state index contributed by atoms with van der Waals surface area (Å²) in [5.74, 6) is -38.1. The van der Waals surface area contributed by atoms with Crippen LogP contribution in [-0.2, 0) is 42.6 Å². The number of benzene rings is 6. The summed E-state index contributed by atoms with van der Waals surface area (Å²) in [7, 11) is 0. The van der Waals surface area contributed by atoms with E-state index < -0.39 is 270 Å². The number of cyclic esters (lactones) is 1. The Morgan fingerprint density at radius 3 is 1.48 bits per heavy atom. The monoisotopic (exact) mass is 1280 g/mol. The van der Waals surface area contributed by atoms with E-state index in [1.54, 1.807) is 0 Å². The third kappa shape index (κ3) is 10.9. The fourth-order valence-corrected chi connectivity index (χ4v) is 9.77. The van der Waals surface area contributed by atoms with E-state index in [-0.39, 0.29) is 0 Å². The molecule has 3 saturated heterocycles. The highest BCUT2D eigenvalue weighted by atomic mass is 16.8. The third-order valence-electron chi connectivity index (χ3n) is 14.4. The first-order chi connectivity index (χ1) is 42.8. The minimum atomic E-state index is -2.79. The molecule has 0 aromatic heterocycles. The Kier molecular flexibility index (Phi) is 15.8. The van der Waals surface area contributed by atoms with E-state index in [4.69, 9.17) is 47.4 Å². The molecule has 0 spiro atoms. The maximum atomic E-state index is 14.7. The molecule has 2 bridgehead atoms. The Bertz CT molecular complexity index is 4020. The summed E-state index contributed by atoms with van der Waals surface area (Å²) in [5.41, 5.74) is -8.51. The molecule has 480 valence electrons. The molecule has 91 heavy (non-hydrogen) atoms. The number of esters is 6. The number of ether oxygens (including phenoxy) is 10. The van der Waals surface area contributed by atoms with Crippen LogP contribution in [0.2, 0.25) is 0 Å². The second-order valence-corrected chi connectivity index (χ2v) is 20.1. The fourth-order valence-electron chi connectivity index (χ4n) is 9.77. The van der Waals surface area contributed by atoms with E-state index >= 15 is 0 Å². The molecule has 10 atom stereocenters. The maximum Gasteiger partial charge on any atom is 0.342 e. The number of carbonyl (C=O) groups excluding carboxylic acids is 6. The Labute approximate surface area is 502 Å². The molecule has 36 heteroatoms. The molecule has 20 N–H and O–H groups in total. The number of carbonyl (C=O) groups is 6. The second kappa shape index (κ2) is 23.1. The number of phenols is 17. The first kappa shape index (κ1) is 62.4. The van der Waals surface area contributed by atoms with Gasteiger partial charge in [-0.2, -0.15) is 0 Å². The van der Waals surface area contributed by atoms with Gasteiger partial charge in [0.2, 0.25) is 46.9 Å². The normalized spacial score (nSPS) is 23.4. The smallest absolute Gasteiger partial charge is 0.342 e. The lowest BCUT2D eigenvalue weighted by Crippen LogP contribution is -2.63. The lowest BCUT2D eigenvalue weighted by molar-refractivity contribution is -0.304. The summed E-state index contributed by atoms with van der Waals surface area (Å²) in [4.78, 5) is 85.7. The van der Waals surface area contributed by atoms with E-state index in [0.717, 1.165) is 0 Å². The van der Waals surface area contributed by atoms with E-state index in [1.165, 1.54) is 0 Å². The molecule has 4 aliphatic heterocycles.